The molecule has 0 heterocycles. The van der Waals surface area contributed by atoms with Crippen LogP contribution in [-0.2, 0) is 4.79 Å². The van der Waals surface area contributed by atoms with Gasteiger partial charge in [0.25, 0.3) is 0 Å². The summed E-state index contributed by atoms with van der Waals surface area (Å²) in [6.07, 6.45) is 1.75. The van der Waals surface area contributed by atoms with Crippen molar-refractivity contribution in [1.29, 1.82) is 0 Å². The minimum Gasteiger partial charge on any atom is -0.326 e. The molecular formula is C15H17Cl2NO. The second-order valence-electron chi connectivity index (χ2n) is 5.64. The predicted molar refractivity (Wildman–Crippen MR) is 80.4 cm³/mol. The van der Waals surface area contributed by atoms with Crippen LogP contribution in [0.15, 0.2) is 34.8 Å². The monoisotopic (exact) mass is 297 g/mol. The molecule has 4 heteroatoms. The summed E-state index contributed by atoms with van der Waals surface area (Å²) in [4.78, 5) is 12.3. The standard InChI is InChI=1S/C15H17Cl2NO/c1-9-5-4-6-10(7-9)18-14(19)13-11(8-12(16)17)15(13,2)3/h4-8,11,13H,1-3H3,(H,18,19)/t11-,13+/m1/s1. The Kier molecular flexibility index (Phi) is 3.93. The normalized spacial score (nSPS) is 23.6. The first-order chi connectivity index (χ1) is 8.82. The molecule has 102 valence electrons. The lowest BCUT2D eigenvalue weighted by Crippen LogP contribution is -2.16. The highest BCUT2D eigenvalue weighted by molar-refractivity contribution is 6.55. The number of amides is 1. The number of rotatable bonds is 3. The van der Waals surface area contributed by atoms with E-state index in [1.165, 1.54) is 0 Å². The topological polar surface area (TPSA) is 29.1 Å². The van der Waals surface area contributed by atoms with Crippen molar-refractivity contribution in [2.75, 3.05) is 5.32 Å². The number of carbonyl (C=O) groups excluding carboxylic acids is 1. The zero-order valence-electron chi connectivity index (χ0n) is 11.2. The van der Waals surface area contributed by atoms with Crippen molar-refractivity contribution in [2.45, 2.75) is 20.8 Å². The molecule has 2 nitrogen and oxygen atoms in total. The van der Waals surface area contributed by atoms with Gasteiger partial charge >= 0.3 is 0 Å². The molecule has 0 saturated heterocycles. The smallest absolute Gasteiger partial charge is 0.228 e. The molecule has 0 aliphatic heterocycles. The molecule has 1 aliphatic rings. The van der Waals surface area contributed by atoms with E-state index in [-0.39, 0.29) is 27.6 Å². The first-order valence-electron chi connectivity index (χ1n) is 6.22. The van der Waals surface area contributed by atoms with Gasteiger partial charge in [0, 0.05) is 5.69 Å². The van der Waals surface area contributed by atoms with E-state index in [0.717, 1.165) is 11.3 Å². The van der Waals surface area contributed by atoms with Crippen LogP contribution < -0.4 is 5.32 Å². The summed E-state index contributed by atoms with van der Waals surface area (Å²) in [5, 5.41) is 2.95. The average Bonchev–Trinajstić information content (AvgIpc) is 2.79. The van der Waals surface area contributed by atoms with Crippen LogP contribution in [0.2, 0.25) is 0 Å². The zero-order chi connectivity index (χ0) is 14.2. The molecule has 0 aromatic heterocycles. The van der Waals surface area contributed by atoms with Gasteiger partial charge in [-0.2, -0.15) is 0 Å². The third-order valence-electron chi connectivity index (χ3n) is 3.78. The lowest BCUT2D eigenvalue weighted by Gasteiger charge is -2.06. The number of benzene rings is 1. The Morgan fingerprint density at radius 2 is 2.05 bits per heavy atom. The van der Waals surface area contributed by atoms with Crippen LogP contribution in [0.25, 0.3) is 0 Å². The third-order valence-corrected chi connectivity index (χ3v) is 4.04. The summed E-state index contributed by atoms with van der Waals surface area (Å²) in [5.74, 6) is 0.0363. The van der Waals surface area contributed by atoms with Crippen LogP contribution in [0.4, 0.5) is 5.69 Å². The van der Waals surface area contributed by atoms with Crippen LogP contribution in [0.1, 0.15) is 19.4 Å². The highest BCUT2D eigenvalue weighted by Gasteiger charge is 2.60. The Labute approximate surface area is 123 Å². The van der Waals surface area contributed by atoms with E-state index in [2.05, 4.69) is 5.32 Å². The molecule has 19 heavy (non-hydrogen) atoms. The number of halogens is 2. The van der Waals surface area contributed by atoms with Crippen LogP contribution in [0.3, 0.4) is 0 Å². The fourth-order valence-electron chi connectivity index (χ4n) is 2.57. The maximum atomic E-state index is 12.3. The van der Waals surface area contributed by atoms with Crippen LogP contribution in [0.5, 0.6) is 0 Å². The number of nitrogens with one attached hydrogen (secondary N) is 1. The Balaban J connectivity index is 2.08. The number of carbonyl (C=O) groups is 1. The Hall–Kier alpha value is -0.990. The lowest BCUT2D eigenvalue weighted by molar-refractivity contribution is -0.118. The summed E-state index contributed by atoms with van der Waals surface area (Å²) in [7, 11) is 0. The number of hydrogen-bond acceptors (Lipinski definition) is 1. The Bertz CT molecular complexity index is 533. The van der Waals surface area contributed by atoms with Crippen LogP contribution in [-0.4, -0.2) is 5.91 Å². The van der Waals surface area contributed by atoms with E-state index < -0.39 is 0 Å². The maximum Gasteiger partial charge on any atom is 0.228 e. The van der Waals surface area contributed by atoms with Gasteiger partial charge in [-0.15, -0.1) is 0 Å². The molecule has 1 aromatic carbocycles. The van der Waals surface area contributed by atoms with Crippen molar-refractivity contribution in [1.82, 2.24) is 0 Å². The van der Waals surface area contributed by atoms with Gasteiger partial charge in [-0.1, -0.05) is 49.2 Å². The molecule has 0 bridgehead atoms. The van der Waals surface area contributed by atoms with E-state index in [4.69, 9.17) is 23.2 Å². The quantitative estimate of drug-likeness (QED) is 0.873. The second kappa shape index (κ2) is 5.18. The van der Waals surface area contributed by atoms with Crippen molar-refractivity contribution in [3.05, 3.63) is 40.4 Å². The average molecular weight is 298 g/mol. The molecule has 0 unspecified atom stereocenters. The maximum absolute atomic E-state index is 12.3. The minimum atomic E-state index is -0.0943. The lowest BCUT2D eigenvalue weighted by atomic mass is 10.1. The fraction of sp³-hybridized carbons (Fsp3) is 0.400. The highest BCUT2D eigenvalue weighted by atomic mass is 35.5. The Morgan fingerprint density at radius 3 is 2.63 bits per heavy atom. The summed E-state index contributed by atoms with van der Waals surface area (Å²) in [5.41, 5.74) is 1.85. The van der Waals surface area contributed by atoms with Crippen molar-refractivity contribution in [3.8, 4) is 0 Å². The predicted octanol–water partition coefficient (Wildman–Crippen LogP) is 4.52. The summed E-state index contributed by atoms with van der Waals surface area (Å²) in [6.45, 7) is 6.09. The van der Waals surface area contributed by atoms with E-state index >= 15 is 0 Å². The molecule has 1 aromatic rings. The summed E-state index contributed by atoms with van der Waals surface area (Å²) < 4.78 is 0.226. The van der Waals surface area contributed by atoms with Crippen molar-refractivity contribution in [2.24, 2.45) is 17.3 Å². The molecule has 0 radical (unpaired) electrons. The SMILES string of the molecule is Cc1cccc(NC(=O)[C@@H]2[C@@H](C=C(Cl)Cl)C2(C)C)c1. The van der Waals surface area contributed by atoms with Gasteiger partial charge in [0.2, 0.25) is 5.91 Å². The van der Waals surface area contributed by atoms with E-state index in [0.29, 0.717) is 0 Å². The molecule has 1 aliphatic carbocycles. The van der Waals surface area contributed by atoms with Crippen molar-refractivity contribution >= 4 is 34.8 Å². The van der Waals surface area contributed by atoms with Crippen molar-refractivity contribution in [3.63, 3.8) is 0 Å². The van der Waals surface area contributed by atoms with Crippen LogP contribution >= 0.6 is 23.2 Å². The van der Waals surface area contributed by atoms with E-state index in [9.17, 15) is 4.79 Å². The van der Waals surface area contributed by atoms with Gasteiger partial charge in [0.15, 0.2) is 0 Å². The zero-order valence-corrected chi connectivity index (χ0v) is 12.7. The molecule has 1 N–H and O–H groups in total. The Morgan fingerprint density at radius 1 is 1.37 bits per heavy atom. The number of anilines is 1. The van der Waals surface area contributed by atoms with Gasteiger partial charge in [-0.25, -0.2) is 0 Å². The number of hydrogen-bond donors (Lipinski definition) is 1. The van der Waals surface area contributed by atoms with Gasteiger partial charge in [0.1, 0.15) is 4.49 Å². The van der Waals surface area contributed by atoms with E-state index in [1.54, 1.807) is 6.08 Å². The van der Waals surface area contributed by atoms with Gasteiger partial charge in [-0.3, -0.25) is 4.79 Å². The highest BCUT2D eigenvalue weighted by Crippen LogP contribution is 2.59. The molecule has 2 atom stereocenters. The van der Waals surface area contributed by atoms with Crippen molar-refractivity contribution < 1.29 is 4.79 Å². The molecule has 0 spiro atoms. The molecular weight excluding hydrogens is 281 g/mol. The van der Waals surface area contributed by atoms with Gasteiger partial charge in [-0.05, 0) is 42.0 Å². The molecule has 1 fully saturated rings. The summed E-state index contributed by atoms with van der Waals surface area (Å²) in [6, 6.07) is 7.76. The summed E-state index contributed by atoms with van der Waals surface area (Å²) >= 11 is 11.4. The molecule has 1 amide bonds. The number of aryl methyl sites for hydroxylation is 1. The molecule has 1 saturated carbocycles. The first-order valence-corrected chi connectivity index (χ1v) is 6.98. The van der Waals surface area contributed by atoms with Gasteiger partial charge in [0.05, 0.1) is 5.92 Å². The van der Waals surface area contributed by atoms with Gasteiger partial charge < -0.3 is 5.32 Å². The first kappa shape index (κ1) is 14.4. The second-order valence-corrected chi connectivity index (χ2v) is 6.65. The largest absolute Gasteiger partial charge is 0.326 e. The number of allylic oxidation sites excluding steroid dienone is 1. The molecule has 2 rings (SSSR count). The fourth-order valence-corrected chi connectivity index (χ4v) is 2.84. The minimum absolute atomic E-state index is 0.0198. The van der Waals surface area contributed by atoms with E-state index in [1.807, 2.05) is 45.0 Å². The van der Waals surface area contributed by atoms with Crippen LogP contribution in [0, 0.1) is 24.2 Å². The third kappa shape index (κ3) is 3.13.